The number of hydrogen-bond donors (Lipinski definition) is 1. The highest BCUT2D eigenvalue weighted by atomic mass is 32.1. The van der Waals surface area contributed by atoms with Crippen LogP contribution in [0.1, 0.15) is 12.7 Å². The third-order valence-corrected chi connectivity index (χ3v) is 2.37. The number of aromatic amines is 1. The van der Waals surface area contributed by atoms with Crippen LogP contribution < -0.4 is 0 Å². The van der Waals surface area contributed by atoms with Gasteiger partial charge in [0.15, 0.2) is 0 Å². The lowest BCUT2D eigenvalue weighted by Crippen LogP contribution is -1.95. The zero-order valence-electron chi connectivity index (χ0n) is 7.67. The molecule has 0 fully saturated rings. The van der Waals surface area contributed by atoms with Crippen LogP contribution in [0.25, 0.3) is 10.9 Å². The Labute approximate surface area is 85.8 Å². The summed E-state index contributed by atoms with van der Waals surface area (Å²) >= 11 is 5.02. The highest BCUT2D eigenvalue weighted by Gasteiger charge is 2.04. The van der Waals surface area contributed by atoms with Gasteiger partial charge < -0.3 is 4.98 Å². The summed E-state index contributed by atoms with van der Waals surface area (Å²) in [5, 5.41) is 0.403. The number of H-pyrrole nitrogens is 1. The standard InChI is InChI=1S/C10H9FN2S/c1-2-8-12-7-5-3-4-6(11)9(7)10(14)13-8/h3-5H,2H2,1H3,(H,12,13,14). The van der Waals surface area contributed by atoms with Crippen LogP contribution in [0.15, 0.2) is 18.2 Å². The first kappa shape index (κ1) is 9.27. The zero-order valence-corrected chi connectivity index (χ0v) is 8.49. The number of rotatable bonds is 1. The maximum Gasteiger partial charge on any atom is 0.140 e. The molecule has 0 atom stereocenters. The number of fused-ring (bicyclic) bond motifs is 1. The molecule has 14 heavy (non-hydrogen) atoms. The molecule has 1 aromatic carbocycles. The molecule has 2 aromatic rings. The number of aromatic nitrogens is 2. The molecule has 0 spiro atoms. The van der Waals surface area contributed by atoms with E-state index in [-0.39, 0.29) is 5.82 Å². The number of hydrogen-bond acceptors (Lipinski definition) is 2. The van der Waals surface area contributed by atoms with Crippen LogP contribution in [-0.4, -0.2) is 9.97 Å². The minimum absolute atomic E-state index is 0.320. The molecule has 0 radical (unpaired) electrons. The minimum Gasteiger partial charge on any atom is -0.343 e. The molecule has 0 amide bonds. The van der Waals surface area contributed by atoms with Gasteiger partial charge in [-0.2, -0.15) is 0 Å². The van der Waals surface area contributed by atoms with Gasteiger partial charge in [0.25, 0.3) is 0 Å². The van der Waals surface area contributed by atoms with Crippen LogP contribution in [-0.2, 0) is 6.42 Å². The average Bonchev–Trinajstić information content (AvgIpc) is 2.17. The van der Waals surface area contributed by atoms with Gasteiger partial charge in [-0.25, -0.2) is 9.37 Å². The van der Waals surface area contributed by atoms with Crippen molar-refractivity contribution in [1.29, 1.82) is 0 Å². The molecule has 4 heteroatoms. The number of benzene rings is 1. The number of aryl methyl sites for hydroxylation is 1. The largest absolute Gasteiger partial charge is 0.343 e. The Morgan fingerprint density at radius 3 is 3.00 bits per heavy atom. The van der Waals surface area contributed by atoms with Crippen LogP contribution in [0.5, 0.6) is 0 Å². The molecule has 0 aliphatic rings. The third-order valence-electron chi connectivity index (χ3n) is 2.08. The molecular formula is C10H9FN2S. The molecule has 0 aliphatic carbocycles. The average molecular weight is 208 g/mol. The van der Waals surface area contributed by atoms with E-state index >= 15 is 0 Å². The summed E-state index contributed by atoms with van der Waals surface area (Å²) in [4.78, 5) is 7.14. The summed E-state index contributed by atoms with van der Waals surface area (Å²) in [7, 11) is 0. The molecule has 0 aliphatic heterocycles. The lowest BCUT2D eigenvalue weighted by atomic mass is 10.2. The predicted molar refractivity (Wildman–Crippen MR) is 56.3 cm³/mol. The van der Waals surface area contributed by atoms with Crippen LogP contribution >= 0.6 is 12.2 Å². The van der Waals surface area contributed by atoms with Crippen LogP contribution in [0.3, 0.4) is 0 Å². The highest BCUT2D eigenvalue weighted by Crippen LogP contribution is 2.16. The first-order valence-electron chi connectivity index (χ1n) is 4.39. The van der Waals surface area contributed by atoms with Crippen molar-refractivity contribution in [2.45, 2.75) is 13.3 Å². The Morgan fingerprint density at radius 1 is 1.50 bits per heavy atom. The van der Waals surface area contributed by atoms with Crippen molar-refractivity contribution in [3.05, 3.63) is 34.5 Å². The van der Waals surface area contributed by atoms with E-state index in [1.54, 1.807) is 12.1 Å². The normalized spacial score (nSPS) is 10.7. The van der Waals surface area contributed by atoms with Gasteiger partial charge in [0, 0.05) is 6.42 Å². The van der Waals surface area contributed by atoms with E-state index in [1.165, 1.54) is 6.07 Å². The maximum atomic E-state index is 13.4. The molecule has 1 heterocycles. The van der Waals surface area contributed by atoms with E-state index in [0.29, 0.717) is 15.5 Å². The van der Waals surface area contributed by atoms with Crippen molar-refractivity contribution in [1.82, 2.24) is 9.97 Å². The quantitative estimate of drug-likeness (QED) is 0.730. The van der Waals surface area contributed by atoms with E-state index in [2.05, 4.69) is 9.97 Å². The fourth-order valence-electron chi connectivity index (χ4n) is 1.37. The van der Waals surface area contributed by atoms with Gasteiger partial charge in [-0.05, 0) is 12.1 Å². The van der Waals surface area contributed by atoms with E-state index in [0.717, 1.165) is 12.2 Å². The fourth-order valence-corrected chi connectivity index (χ4v) is 1.69. The highest BCUT2D eigenvalue weighted by molar-refractivity contribution is 7.71. The van der Waals surface area contributed by atoms with Crippen molar-refractivity contribution >= 4 is 23.1 Å². The van der Waals surface area contributed by atoms with Gasteiger partial charge in [0.1, 0.15) is 16.3 Å². The van der Waals surface area contributed by atoms with Gasteiger partial charge in [0.05, 0.1) is 10.9 Å². The Kier molecular flexibility index (Phi) is 2.29. The van der Waals surface area contributed by atoms with Gasteiger partial charge in [0.2, 0.25) is 0 Å². The van der Waals surface area contributed by atoms with Crippen LogP contribution in [0.2, 0.25) is 0 Å². The smallest absolute Gasteiger partial charge is 0.140 e. The van der Waals surface area contributed by atoms with E-state index in [9.17, 15) is 4.39 Å². The maximum absolute atomic E-state index is 13.4. The molecule has 0 bridgehead atoms. The van der Waals surface area contributed by atoms with Gasteiger partial charge >= 0.3 is 0 Å². The molecule has 72 valence electrons. The summed E-state index contributed by atoms with van der Waals surface area (Å²) < 4.78 is 13.7. The molecule has 1 aromatic heterocycles. The van der Waals surface area contributed by atoms with Gasteiger partial charge in [-0.15, -0.1) is 0 Å². The minimum atomic E-state index is -0.320. The number of nitrogens with zero attached hydrogens (tertiary/aromatic N) is 1. The zero-order chi connectivity index (χ0) is 10.1. The fraction of sp³-hybridized carbons (Fsp3) is 0.200. The molecule has 1 N–H and O–H groups in total. The van der Waals surface area contributed by atoms with Crippen molar-refractivity contribution in [2.75, 3.05) is 0 Å². The molecule has 2 rings (SSSR count). The van der Waals surface area contributed by atoms with Gasteiger partial charge in [-0.1, -0.05) is 25.2 Å². The van der Waals surface area contributed by atoms with E-state index in [4.69, 9.17) is 12.2 Å². The van der Waals surface area contributed by atoms with Crippen molar-refractivity contribution < 1.29 is 4.39 Å². The summed E-state index contributed by atoms with van der Waals surface area (Å²) in [5.41, 5.74) is 0.710. The molecule has 0 saturated heterocycles. The van der Waals surface area contributed by atoms with Crippen LogP contribution in [0.4, 0.5) is 4.39 Å². The predicted octanol–water partition coefficient (Wildman–Crippen LogP) is 2.99. The first-order chi connectivity index (χ1) is 6.72. The Hall–Kier alpha value is -1.29. The van der Waals surface area contributed by atoms with Crippen LogP contribution in [0, 0.1) is 10.5 Å². The summed E-state index contributed by atoms with van der Waals surface area (Å²) in [6.07, 6.45) is 0.760. The monoisotopic (exact) mass is 208 g/mol. The van der Waals surface area contributed by atoms with E-state index in [1.807, 2.05) is 6.92 Å². The first-order valence-corrected chi connectivity index (χ1v) is 4.80. The van der Waals surface area contributed by atoms with Crippen molar-refractivity contribution in [3.8, 4) is 0 Å². The Morgan fingerprint density at radius 2 is 2.29 bits per heavy atom. The third kappa shape index (κ3) is 1.42. The van der Waals surface area contributed by atoms with E-state index < -0.39 is 0 Å². The second-order valence-corrected chi connectivity index (χ2v) is 3.39. The Balaban J connectivity index is 2.90. The molecule has 0 unspecified atom stereocenters. The number of nitrogens with one attached hydrogen (secondary N) is 1. The lowest BCUT2D eigenvalue weighted by molar-refractivity contribution is 0.638. The van der Waals surface area contributed by atoms with Gasteiger partial charge in [-0.3, -0.25) is 0 Å². The van der Waals surface area contributed by atoms with Crippen molar-refractivity contribution in [3.63, 3.8) is 0 Å². The topological polar surface area (TPSA) is 28.7 Å². The lowest BCUT2D eigenvalue weighted by Gasteiger charge is -2.02. The SMILES string of the molecule is CCc1nc(=S)c2c(F)cccc2[nH]1. The molecule has 2 nitrogen and oxygen atoms in total. The summed E-state index contributed by atoms with van der Waals surface area (Å²) in [6.45, 7) is 1.97. The summed E-state index contributed by atoms with van der Waals surface area (Å²) in [6, 6.07) is 4.84. The van der Waals surface area contributed by atoms with Crippen molar-refractivity contribution in [2.24, 2.45) is 0 Å². The molecule has 0 saturated carbocycles. The molecular weight excluding hydrogens is 199 g/mol. The Bertz CT molecular complexity index is 533. The number of halogens is 1. The second kappa shape index (κ2) is 3.46. The summed E-state index contributed by atoms with van der Waals surface area (Å²) in [5.74, 6) is 0.465. The second-order valence-electron chi connectivity index (χ2n) is 3.00.